The van der Waals surface area contributed by atoms with Gasteiger partial charge in [-0.15, -0.1) is 11.3 Å². The average molecular weight is 429 g/mol. The first-order valence-electron chi connectivity index (χ1n) is 9.80. The molecular formula is C23H20N6OS. The summed E-state index contributed by atoms with van der Waals surface area (Å²) < 4.78 is 9.61. The number of nitrogens with two attached hydrogens (primary N) is 1. The second-order valence-electron chi connectivity index (χ2n) is 7.50. The van der Waals surface area contributed by atoms with E-state index in [1.54, 1.807) is 20.7 Å². The molecule has 0 aliphatic carbocycles. The van der Waals surface area contributed by atoms with Gasteiger partial charge in [-0.1, -0.05) is 18.2 Å². The minimum Gasteiger partial charge on any atom is -0.422 e. The van der Waals surface area contributed by atoms with Crippen LogP contribution in [0.3, 0.4) is 0 Å². The van der Waals surface area contributed by atoms with E-state index < -0.39 is 0 Å². The predicted octanol–water partition coefficient (Wildman–Crippen LogP) is 4.17. The van der Waals surface area contributed by atoms with Crippen molar-refractivity contribution in [1.82, 2.24) is 19.6 Å². The minimum absolute atomic E-state index is 0.109. The van der Waals surface area contributed by atoms with Crippen LogP contribution in [0.1, 0.15) is 27.6 Å². The fourth-order valence-electron chi connectivity index (χ4n) is 4.05. The summed E-state index contributed by atoms with van der Waals surface area (Å²) in [4.78, 5) is 1.05. The number of thiophene rings is 1. The van der Waals surface area contributed by atoms with E-state index in [0.717, 1.165) is 38.8 Å². The normalized spacial score (nSPS) is 15.5. The van der Waals surface area contributed by atoms with E-state index in [4.69, 9.17) is 15.6 Å². The summed E-state index contributed by atoms with van der Waals surface area (Å²) >= 11 is 1.60. The molecular weight excluding hydrogens is 408 g/mol. The van der Waals surface area contributed by atoms with Gasteiger partial charge in [0.2, 0.25) is 11.8 Å². The third kappa shape index (κ3) is 2.94. The first kappa shape index (κ1) is 19.2. The summed E-state index contributed by atoms with van der Waals surface area (Å²) in [5.74, 6) is 0.267. The fourth-order valence-corrected chi connectivity index (χ4v) is 5.09. The highest BCUT2D eigenvalue weighted by Crippen LogP contribution is 2.49. The summed E-state index contributed by atoms with van der Waals surface area (Å²) in [5, 5.41) is 21.5. The van der Waals surface area contributed by atoms with Crippen LogP contribution in [-0.4, -0.2) is 19.6 Å². The molecule has 1 aromatic carbocycles. The number of nitriles is 1. The third-order valence-electron chi connectivity index (χ3n) is 5.46. The van der Waals surface area contributed by atoms with Crippen LogP contribution < -0.4 is 10.5 Å². The zero-order valence-corrected chi connectivity index (χ0v) is 18.1. The Hall–Kier alpha value is -3.83. The molecule has 7 nitrogen and oxygen atoms in total. The van der Waals surface area contributed by atoms with Gasteiger partial charge in [0.15, 0.2) is 0 Å². The van der Waals surface area contributed by atoms with Crippen LogP contribution in [0.25, 0.3) is 17.1 Å². The van der Waals surface area contributed by atoms with Crippen LogP contribution >= 0.6 is 11.3 Å². The number of hydrogen-bond donors (Lipinski definition) is 1. The Morgan fingerprint density at radius 3 is 2.55 bits per heavy atom. The van der Waals surface area contributed by atoms with Crippen molar-refractivity contribution in [3.8, 4) is 29.0 Å². The summed E-state index contributed by atoms with van der Waals surface area (Å²) in [6.07, 6.45) is 0. The third-order valence-corrected chi connectivity index (χ3v) is 6.54. The molecule has 0 bridgehead atoms. The van der Waals surface area contributed by atoms with Crippen LogP contribution in [0.4, 0.5) is 0 Å². The van der Waals surface area contributed by atoms with Gasteiger partial charge in [0, 0.05) is 11.9 Å². The topological polar surface area (TPSA) is 94.7 Å². The molecule has 0 amide bonds. The number of ether oxygens (including phenoxy) is 1. The maximum atomic E-state index is 9.98. The minimum atomic E-state index is -0.364. The maximum absolute atomic E-state index is 9.98. The molecule has 0 saturated carbocycles. The monoisotopic (exact) mass is 428 g/mol. The van der Waals surface area contributed by atoms with Crippen molar-refractivity contribution in [1.29, 1.82) is 5.26 Å². The second-order valence-corrected chi connectivity index (χ2v) is 8.45. The lowest BCUT2D eigenvalue weighted by Gasteiger charge is -2.24. The molecule has 0 fully saturated rings. The van der Waals surface area contributed by atoms with Gasteiger partial charge in [0.25, 0.3) is 0 Å². The Bertz CT molecular complexity index is 1370. The Kier molecular flexibility index (Phi) is 4.41. The number of aryl methyl sites for hydroxylation is 3. The zero-order chi connectivity index (χ0) is 21.7. The van der Waals surface area contributed by atoms with Gasteiger partial charge < -0.3 is 10.5 Å². The van der Waals surface area contributed by atoms with Crippen molar-refractivity contribution in [2.45, 2.75) is 19.8 Å². The molecule has 5 rings (SSSR count). The molecule has 0 saturated heterocycles. The highest BCUT2D eigenvalue weighted by molar-refractivity contribution is 7.10. The molecule has 1 atom stereocenters. The SMILES string of the molecule is Cc1cc(-c2nn(-c3ccccc3)c3c2C(c2sccc2C)C(C#N)=C(N)O3)n(C)n1. The number of nitrogens with zero attached hydrogens (tertiary/aromatic N) is 5. The van der Waals surface area contributed by atoms with Gasteiger partial charge in [-0.25, -0.2) is 0 Å². The molecule has 1 aliphatic heterocycles. The van der Waals surface area contributed by atoms with E-state index in [-0.39, 0.29) is 11.8 Å². The Balaban J connectivity index is 1.87. The first-order valence-corrected chi connectivity index (χ1v) is 10.7. The molecule has 1 unspecified atom stereocenters. The molecule has 154 valence electrons. The molecule has 4 heterocycles. The van der Waals surface area contributed by atoms with E-state index >= 15 is 0 Å². The van der Waals surface area contributed by atoms with Gasteiger partial charge >= 0.3 is 0 Å². The Labute approximate surface area is 183 Å². The molecule has 0 spiro atoms. The largest absolute Gasteiger partial charge is 0.422 e. The summed E-state index contributed by atoms with van der Waals surface area (Å²) in [6.45, 7) is 3.99. The van der Waals surface area contributed by atoms with Crippen molar-refractivity contribution in [2.75, 3.05) is 0 Å². The molecule has 1 aliphatic rings. The van der Waals surface area contributed by atoms with Gasteiger partial charge in [-0.2, -0.15) is 20.1 Å². The number of hydrogen-bond acceptors (Lipinski definition) is 6. The molecule has 4 aromatic rings. The number of aromatic nitrogens is 4. The lowest BCUT2D eigenvalue weighted by Crippen LogP contribution is -2.22. The number of para-hydroxylation sites is 1. The van der Waals surface area contributed by atoms with Crippen LogP contribution in [0.15, 0.2) is 59.3 Å². The van der Waals surface area contributed by atoms with Gasteiger partial charge in [0.1, 0.15) is 17.3 Å². The number of rotatable bonds is 3. The van der Waals surface area contributed by atoms with E-state index in [1.807, 2.05) is 62.7 Å². The van der Waals surface area contributed by atoms with E-state index in [2.05, 4.69) is 17.2 Å². The Morgan fingerprint density at radius 2 is 1.94 bits per heavy atom. The quantitative estimate of drug-likeness (QED) is 0.528. The fraction of sp³-hybridized carbons (Fsp3) is 0.174. The van der Waals surface area contributed by atoms with Crippen molar-refractivity contribution < 1.29 is 4.74 Å². The average Bonchev–Trinajstić information content (AvgIpc) is 3.44. The smallest absolute Gasteiger partial charge is 0.229 e. The standard InChI is InChI=1S/C23H20N6OS/c1-13-9-10-31-21(13)18-16(12-24)22(25)30-23-19(18)20(17-11-14(2)26-28(17)3)27-29(23)15-7-5-4-6-8-15/h4-11,18H,25H2,1-3H3. The Morgan fingerprint density at radius 1 is 1.16 bits per heavy atom. The number of fused-ring (bicyclic) bond motifs is 1. The number of allylic oxidation sites excluding steroid dienone is 1. The van der Waals surface area contributed by atoms with Gasteiger partial charge in [-0.05, 0) is 49.1 Å². The van der Waals surface area contributed by atoms with Crippen molar-refractivity contribution >= 4 is 11.3 Å². The summed E-state index contributed by atoms with van der Waals surface area (Å²) in [7, 11) is 1.89. The zero-order valence-electron chi connectivity index (χ0n) is 17.3. The van der Waals surface area contributed by atoms with E-state index in [1.165, 1.54) is 0 Å². The summed E-state index contributed by atoms with van der Waals surface area (Å²) in [6, 6.07) is 16.1. The second kappa shape index (κ2) is 7.15. The summed E-state index contributed by atoms with van der Waals surface area (Å²) in [5.41, 5.74) is 11.9. The molecule has 31 heavy (non-hydrogen) atoms. The predicted molar refractivity (Wildman–Crippen MR) is 119 cm³/mol. The van der Waals surface area contributed by atoms with Crippen LogP contribution in [0.5, 0.6) is 5.88 Å². The van der Waals surface area contributed by atoms with Crippen LogP contribution in [-0.2, 0) is 7.05 Å². The van der Waals surface area contributed by atoms with Gasteiger partial charge in [-0.3, -0.25) is 4.68 Å². The van der Waals surface area contributed by atoms with Gasteiger partial charge in [0.05, 0.1) is 28.6 Å². The highest BCUT2D eigenvalue weighted by Gasteiger charge is 2.39. The molecule has 3 aromatic heterocycles. The number of benzene rings is 1. The highest BCUT2D eigenvalue weighted by atomic mass is 32.1. The van der Waals surface area contributed by atoms with Crippen molar-refractivity contribution in [3.63, 3.8) is 0 Å². The van der Waals surface area contributed by atoms with Crippen molar-refractivity contribution in [3.05, 3.63) is 81.0 Å². The molecule has 0 radical (unpaired) electrons. The van der Waals surface area contributed by atoms with Crippen LogP contribution in [0.2, 0.25) is 0 Å². The van der Waals surface area contributed by atoms with E-state index in [0.29, 0.717) is 11.5 Å². The molecule has 8 heteroatoms. The van der Waals surface area contributed by atoms with Crippen LogP contribution in [0, 0.1) is 25.2 Å². The lowest BCUT2D eigenvalue weighted by atomic mass is 9.86. The van der Waals surface area contributed by atoms with E-state index in [9.17, 15) is 5.26 Å². The first-order chi connectivity index (χ1) is 15.0. The lowest BCUT2D eigenvalue weighted by molar-refractivity contribution is 0.367. The maximum Gasteiger partial charge on any atom is 0.229 e. The molecule has 2 N–H and O–H groups in total. The van der Waals surface area contributed by atoms with Crippen molar-refractivity contribution in [2.24, 2.45) is 12.8 Å².